The zero-order valence-electron chi connectivity index (χ0n) is 33.3. The molecule has 2 bridgehead atoms. The van der Waals surface area contributed by atoms with Gasteiger partial charge in [0.1, 0.15) is 11.5 Å². The van der Waals surface area contributed by atoms with E-state index in [1.807, 2.05) is 11.3 Å². The fourth-order valence-electron chi connectivity index (χ4n) is 13.3. The van der Waals surface area contributed by atoms with Crippen LogP contribution >= 0.6 is 11.3 Å². The summed E-state index contributed by atoms with van der Waals surface area (Å²) < 4.78 is 9.25. The third-order valence-electron chi connectivity index (χ3n) is 15.6. The first-order valence-electron chi connectivity index (χ1n) is 22.0. The third-order valence-corrected chi connectivity index (χ3v) is 16.8. The van der Waals surface area contributed by atoms with Gasteiger partial charge in [0.25, 0.3) is 0 Å². The zero-order valence-corrected chi connectivity index (χ0v) is 34.1. The van der Waals surface area contributed by atoms with E-state index in [2.05, 4.69) is 152 Å². The number of allylic oxidation sites excluding steroid dienone is 4. The molecule has 1 spiro atoms. The Morgan fingerprint density at radius 1 is 0.600 bits per heavy atom. The lowest BCUT2D eigenvalue weighted by Crippen LogP contribution is -2.33. The summed E-state index contributed by atoms with van der Waals surface area (Å²) in [6.07, 6.45) is 13.7. The molecule has 60 heavy (non-hydrogen) atoms. The van der Waals surface area contributed by atoms with Crippen molar-refractivity contribution in [1.29, 1.82) is 0 Å². The molecule has 4 atom stereocenters. The van der Waals surface area contributed by atoms with Crippen LogP contribution in [0.25, 0.3) is 59.6 Å². The van der Waals surface area contributed by atoms with Crippen LogP contribution in [0.5, 0.6) is 11.5 Å². The molecule has 3 heterocycles. The van der Waals surface area contributed by atoms with Gasteiger partial charge in [-0.05, 0) is 126 Å². The molecular weight excluding hydrogens is 749 g/mol. The second kappa shape index (κ2) is 12.2. The molecule has 4 heteroatoms. The van der Waals surface area contributed by atoms with Crippen molar-refractivity contribution in [3.63, 3.8) is 0 Å². The van der Waals surface area contributed by atoms with Gasteiger partial charge in [0, 0.05) is 48.0 Å². The molecule has 0 N–H and O–H groups in total. The van der Waals surface area contributed by atoms with Gasteiger partial charge >= 0.3 is 0 Å². The number of benzene rings is 6. The highest BCUT2D eigenvalue weighted by Crippen LogP contribution is 2.67. The molecule has 6 aliphatic rings. The molecule has 2 unspecified atom stereocenters. The van der Waals surface area contributed by atoms with Crippen LogP contribution in [-0.2, 0) is 10.8 Å². The van der Waals surface area contributed by atoms with Gasteiger partial charge < -0.3 is 4.74 Å². The largest absolute Gasteiger partial charge is 0.457 e. The van der Waals surface area contributed by atoms with E-state index < -0.39 is 5.41 Å². The monoisotopic (exact) mass is 790 g/mol. The molecule has 3 nitrogen and oxygen atoms in total. The lowest BCUT2D eigenvalue weighted by atomic mass is 9.64. The summed E-state index contributed by atoms with van der Waals surface area (Å²) in [4.78, 5) is 11.1. The Morgan fingerprint density at radius 2 is 1.28 bits per heavy atom. The van der Waals surface area contributed by atoms with Crippen LogP contribution < -0.4 is 4.74 Å². The number of thiophene rings is 1. The fourth-order valence-corrected chi connectivity index (χ4v) is 14.4. The molecule has 1 aliphatic heterocycles. The minimum absolute atomic E-state index is 0.373. The van der Waals surface area contributed by atoms with Crippen molar-refractivity contribution in [1.82, 2.24) is 9.97 Å². The summed E-state index contributed by atoms with van der Waals surface area (Å²) >= 11 is 1.86. The maximum atomic E-state index is 6.66. The molecule has 0 radical (unpaired) electrons. The minimum atomic E-state index is -0.474. The topological polar surface area (TPSA) is 35.0 Å². The van der Waals surface area contributed by atoms with Crippen LogP contribution in [0.15, 0.2) is 157 Å². The number of rotatable bonds is 4. The van der Waals surface area contributed by atoms with Gasteiger partial charge in [0.2, 0.25) is 0 Å². The first-order chi connectivity index (χ1) is 29.6. The van der Waals surface area contributed by atoms with Crippen molar-refractivity contribution >= 4 is 37.1 Å². The number of aromatic nitrogens is 2. The van der Waals surface area contributed by atoms with Crippen molar-refractivity contribution in [2.24, 2.45) is 17.8 Å². The molecule has 8 aromatic rings. The normalized spacial score (nSPS) is 23.6. The number of ether oxygens (including phenoxy) is 1. The first kappa shape index (κ1) is 33.7. The van der Waals surface area contributed by atoms with Gasteiger partial charge in [-0.3, -0.25) is 0 Å². The Kier molecular flexibility index (Phi) is 6.87. The minimum Gasteiger partial charge on any atom is -0.457 e. The number of hydrogen-bond donors (Lipinski definition) is 0. The SMILES string of the molecule is C1=CC2=C(CC1)C1(c3ccccc3Oc3ccccc31)c1cccc(-c3nc(-c4ccc(C56CC7[C@H](CC[C@H]7C5)C6)cc4)cc(-c4ccc5c(c4)sc4ccccc45)n3)c12. The smallest absolute Gasteiger partial charge is 0.161 e. The van der Waals surface area contributed by atoms with Crippen molar-refractivity contribution in [2.45, 2.75) is 55.8 Å². The van der Waals surface area contributed by atoms with Crippen molar-refractivity contribution < 1.29 is 4.74 Å². The van der Waals surface area contributed by atoms with E-state index in [9.17, 15) is 0 Å². The van der Waals surface area contributed by atoms with E-state index in [0.29, 0.717) is 5.41 Å². The van der Waals surface area contributed by atoms with Gasteiger partial charge in [-0.25, -0.2) is 9.97 Å². The summed E-state index contributed by atoms with van der Waals surface area (Å²) in [6.45, 7) is 0. The highest BCUT2D eigenvalue weighted by atomic mass is 32.1. The highest BCUT2D eigenvalue weighted by Gasteiger charge is 2.58. The quantitative estimate of drug-likeness (QED) is 0.178. The molecule has 5 aliphatic carbocycles. The second-order valence-electron chi connectivity index (χ2n) is 18.4. The lowest BCUT2D eigenvalue weighted by Gasteiger charge is -2.41. The van der Waals surface area contributed by atoms with Crippen LogP contribution in [0, 0.1) is 17.8 Å². The maximum Gasteiger partial charge on any atom is 0.161 e. The molecule has 288 valence electrons. The standard InChI is InChI=1S/C56H42N2OS/c1-3-13-43-40(11-1)53-41(12-9-16-46(53)56(43)44-14-4-6-17-49(44)59-50-18-7-5-15-45(50)56)54-57-47(33-22-25-37(26-23-33)55-30-35-20-21-36(31-55)42(35)32-55)29-48(58-54)34-24-27-39-38-10-2-8-19-51(38)60-52(39)28-34/h1-2,4-12,14-19,22-29,35-36,42H,3,13,20-21,30-32H2/t35-,36+,42?,55?. The van der Waals surface area contributed by atoms with Gasteiger partial charge in [0.15, 0.2) is 5.82 Å². The number of hydrogen-bond acceptors (Lipinski definition) is 4. The van der Waals surface area contributed by atoms with Gasteiger partial charge in [-0.2, -0.15) is 0 Å². The summed E-state index contributed by atoms with van der Waals surface area (Å²) in [6, 6.07) is 51.6. The van der Waals surface area contributed by atoms with Crippen LogP contribution in [-0.4, -0.2) is 9.97 Å². The summed E-state index contributed by atoms with van der Waals surface area (Å²) in [7, 11) is 0. The summed E-state index contributed by atoms with van der Waals surface area (Å²) in [5.74, 6) is 5.46. The summed E-state index contributed by atoms with van der Waals surface area (Å²) in [5, 5.41) is 2.61. The third kappa shape index (κ3) is 4.50. The van der Waals surface area contributed by atoms with Gasteiger partial charge in [0.05, 0.1) is 16.8 Å². The van der Waals surface area contributed by atoms with E-state index in [1.54, 1.807) is 5.56 Å². The average molecular weight is 791 g/mol. The predicted octanol–water partition coefficient (Wildman–Crippen LogP) is 14.5. The maximum absolute atomic E-state index is 6.66. The molecule has 0 amide bonds. The Labute approximate surface area is 354 Å². The zero-order chi connectivity index (χ0) is 39.2. The lowest BCUT2D eigenvalue weighted by molar-refractivity contribution is 0.308. The van der Waals surface area contributed by atoms with Crippen molar-refractivity contribution in [3.05, 3.63) is 185 Å². The second-order valence-corrected chi connectivity index (χ2v) is 19.5. The Bertz CT molecular complexity index is 3140. The van der Waals surface area contributed by atoms with Crippen LogP contribution in [0.2, 0.25) is 0 Å². The number of nitrogens with zero attached hydrogens (tertiary/aromatic N) is 2. The predicted molar refractivity (Wildman–Crippen MR) is 245 cm³/mol. The van der Waals surface area contributed by atoms with Gasteiger partial charge in [-0.1, -0.05) is 121 Å². The summed E-state index contributed by atoms with van der Waals surface area (Å²) in [5.41, 5.74) is 14.3. The highest BCUT2D eigenvalue weighted by molar-refractivity contribution is 7.25. The van der Waals surface area contributed by atoms with E-state index >= 15 is 0 Å². The van der Waals surface area contributed by atoms with E-state index in [0.717, 1.165) is 76.0 Å². The van der Waals surface area contributed by atoms with Crippen LogP contribution in [0.3, 0.4) is 0 Å². The van der Waals surface area contributed by atoms with E-state index in [1.165, 1.54) is 85.7 Å². The van der Waals surface area contributed by atoms with Crippen molar-refractivity contribution in [2.75, 3.05) is 0 Å². The molecule has 3 fully saturated rings. The molecule has 0 saturated heterocycles. The molecular formula is C56H42N2OS. The Balaban J connectivity index is 0.979. The molecule has 6 aromatic carbocycles. The molecule has 2 aromatic heterocycles. The molecule has 3 saturated carbocycles. The molecule has 14 rings (SSSR count). The fraction of sp³-hybridized carbons (Fsp3) is 0.214. The van der Waals surface area contributed by atoms with Gasteiger partial charge in [-0.15, -0.1) is 11.3 Å². The van der Waals surface area contributed by atoms with Crippen LogP contribution in [0.1, 0.15) is 72.8 Å². The Morgan fingerprint density at radius 3 is 2.07 bits per heavy atom. The number of fused-ring (bicyclic) bond motifs is 12. The number of para-hydroxylation sites is 2. The van der Waals surface area contributed by atoms with Crippen LogP contribution in [0.4, 0.5) is 0 Å². The first-order valence-corrected chi connectivity index (χ1v) is 22.8. The van der Waals surface area contributed by atoms with E-state index in [-0.39, 0.29) is 0 Å². The van der Waals surface area contributed by atoms with Crippen molar-refractivity contribution in [3.8, 4) is 45.4 Å². The average Bonchev–Trinajstić information content (AvgIpc) is 4.09. The Hall–Kier alpha value is -6.10. The van der Waals surface area contributed by atoms with E-state index in [4.69, 9.17) is 14.7 Å².